The van der Waals surface area contributed by atoms with Gasteiger partial charge in [0.05, 0.1) is 31.8 Å². The van der Waals surface area contributed by atoms with Crippen LogP contribution in [0.4, 0.5) is 17.1 Å². The molecule has 6 heteroatoms. The van der Waals surface area contributed by atoms with Gasteiger partial charge in [0.1, 0.15) is 17.2 Å². The van der Waals surface area contributed by atoms with E-state index < -0.39 is 0 Å². The van der Waals surface area contributed by atoms with Crippen molar-refractivity contribution in [2.75, 3.05) is 24.9 Å². The van der Waals surface area contributed by atoms with Gasteiger partial charge in [-0.1, -0.05) is 18.2 Å². The lowest BCUT2D eigenvalue weighted by molar-refractivity contribution is 0.102. The van der Waals surface area contributed by atoms with E-state index in [-0.39, 0.29) is 5.91 Å². The number of nitrogens with zero attached hydrogens (tertiary/aromatic N) is 1. The first-order chi connectivity index (χ1) is 13.1. The van der Waals surface area contributed by atoms with Crippen molar-refractivity contribution in [3.8, 4) is 11.5 Å². The Balaban J connectivity index is 1.74. The average molecular weight is 363 g/mol. The highest BCUT2D eigenvalue weighted by Crippen LogP contribution is 2.29. The topological polar surface area (TPSA) is 72.5 Å². The van der Waals surface area contributed by atoms with Gasteiger partial charge >= 0.3 is 0 Å². The van der Waals surface area contributed by atoms with Gasteiger partial charge in [0.15, 0.2) is 0 Å². The maximum atomic E-state index is 12.5. The molecule has 2 aromatic carbocycles. The molecule has 0 aliphatic heterocycles. The van der Waals surface area contributed by atoms with Gasteiger partial charge in [-0.2, -0.15) is 0 Å². The van der Waals surface area contributed by atoms with E-state index in [2.05, 4.69) is 15.6 Å². The Morgan fingerprint density at radius 1 is 0.963 bits per heavy atom. The van der Waals surface area contributed by atoms with Crippen molar-refractivity contribution < 1.29 is 14.3 Å². The number of aromatic nitrogens is 1. The van der Waals surface area contributed by atoms with Crippen LogP contribution in [-0.2, 0) is 0 Å². The van der Waals surface area contributed by atoms with Crippen LogP contribution in [0.15, 0.2) is 60.8 Å². The monoisotopic (exact) mass is 363 g/mol. The molecule has 1 aromatic heterocycles. The second-order valence-corrected chi connectivity index (χ2v) is 5.89. The number of rotatable bonds is 6. The zero-order valence-corrected chi connectivity index (χ0v) is 15.4. The van der Waals surface area contributed by atoms with E-state index in [1.54, 1.807) is 44.7 Å². The summed E-state index contributed by atoms with van der Waals surface area (Å²) in [6.07, 6.45) is 1.63. The van der Waals surface area contributed by atoms with Crippen molar-refractivity contribution >= 4 is 23.0 Å². The highest BCUT2D eigenvalue weighted by Gasteiger charge is 2.12. The van der Waals surface area contributed by atoms with Crippen LogP contribution in [0, 0.1) is 6.92 Å². The van der Waals surface area contributed by atoms with Gasteiger partial charge in [0, 0.05) is 11.8 Å². The number of anilines is 3. The molecule has 3 aromatic rings. The number of para-hydroxylation sites is 1. The first-order valence-corrected chi connectivity index (χ1v) is 8.43. The molecule has 0 saturated heterocycles. The Morgan fingerprint density at radius 2 is 1.78 bits per heavy atom. The van der Waals surface area contributed by atoms with Crippen LogP contribution in [0.1, 0.15) is 16.1 Å². The number of pyridine rings is 1. The minimum absolute atomic E-state index is 0.301. The number of hydrogen-bond acceptors (Lipinski definition) is 5. The molecule has 27 heavy (non-hydrogen) atoms. The maximum absolute atomic E-state index is 12.5. The first-order valence-electron chi connectivity index (χ1n) is 8.43. The molecule has 0 aliphatic carbocycles. The Morgan fingerprint density at radius 3 is 2.44 bits per heavy atom. The van der Waals surface area contributed by atoms with Crippen LogP contribution in [0.3, 0.4) is 0 Å². The largest absolute Gasteiger partial charge is 0.497 e. The molecule has 2 N–H and O–H groups in total. The third kappa shape index (κ3) is 4.36. The lowest BCUT2D eigenvalue weighted by Gasteiger charge is -2.12. The molecule has 0 fully saturated rings. The van der Waals surface area contributed by atoms with Crippen LogP contribution in [0.5, 0.6) is 11.5 Å². The number of benzene rings is 2. The number of nitrogens with one attached hydrogen (secondary N) is 2. The SMILES string of the molecule is COc1ccc(OC)c(NC(=O)c2ccc(Nc3ccccc3C)cn2)c1. The van der Waals surface area contributed by atoms with Crippen molar-refractivity contribution in [1.82, 2.24) is 4.98 Å². The average Bonchev–Trinajstić information content (AvgIpc) is 2.70. The molecular weight excluding hydrogens is 342 g/mol. The second-order valence-electron chi connectivity index (χ2n) is 5.89. The van der Waals surface area contributed by atoms with Crippen LogP contribution in [0.2, 0.25) is 0 Å². The molecule has 0 bridgehead atoms. The molecule has 0 atom stereocenters. The number of hydrogen-bond donors (Lipinski definition) is 2. The van der Waals surface area contributed by atoms with Crippen LogP contribution < -0.4 is 20.1 Å². The highest BCUT2D eigenvalue weighted by molar-refractivity contribution is 6.03. The second kappa shape index (κ2) is 8.23. The summed E-state index contributed by atoms with van der Waals surface area (Å²) in [5.74, 6) is 0.836. The van der Waals surface area contributed by atoms with E-state index in [0.29, 0.717) is 22.9 Å². The summed E-state index contributed by atoms with van der Waals surface area (Å²) in [7, 11) is 3.11. The Kier molecular flexibility index (Phi) is 5.56. The van der Waals surface area contributed by atoms with Crippen molar-refractivity contribution in [3.63, 3.8) is 0 Å². The fourth-order valence-corrected chi connectivity index (χ4v) is 2.57. The van der Waals surface area contributed by atoms with E-state index in [9.17, 15) is 4.79 Å². The summed E-state index contributed by atoms with van der Waals surface area (Å²) in [6.45, 7) is 2.03. The summed E-state index contributed by atoms with van der Waals surface area (Å²) in [5, 5.41) is 6.09. The maximum Gasteiger partial charge on any atom is 0.274 e. The third-order valence-electron chi connectivity index (χ3n) is 4.08. The van der Waals surface area contributed by atoms with Crippen molar-refractivity contribution in [1.29, 1.82) is 0 Å². The van der Waals surface area contributed by atoms with Crippen molar-refractivity contribution in [2.45, 2.75) is 6.92 Å². The number of aryl methyl sites for hydroxylation is 1. The molecule has 0 radical (unpaired) electrons. The molecule has 138 valence electrons. The van der Waals surface area contributed by atoms with Gasteiger partial charge in [-0.25, -0.2) is 4.98 Å². The summed E-state index contributed by atoms with van der Waals surface area (Å²) >= 11 is 0. The molecule has 0 spiro atoms. The van der Waals surface area contributed by atoms with Crippen molar-refractivity contribution in [2.24, 2.45) is 0 Å². The van der Waals surface area contributed by atoms with Gasteiger partial charge in [-0.3, -0.25) is 4.79 Å². The van der Waals surface area contributed by atoms with E-state index in [4.69, 9.17) is 9.47 Å². The summed E-state index contributed by atoms with van der Waals surface area (Å²) < 4.78 is 10.5. The number of carbonyl (C=O) groups excluding carboxylic acids is 1. The third-order valence-corrected chi connectivity index (χ3v) is 4.08. The molecule has 0 unspecified atom stereocenters. The Hall–Kier alpha value is -3.54. The van der Waals surface area contributed by atoms with Gasteiger partial charge in [0.25, 0.3) is 5.91 Å². The first kappa shape index (κ1) is 18.3. The minimum atomic E-state index is -0.330. The molecular formula is C21H21N3O3. The quantitative estimate of drug-likeness (QED) is 0.679. The molecule has 6 nitrogen and oxygen atoms in total. The summed E-state index contributed by atoms with van der Waals surface area (Å²) in [4.78, 5) is 16.8. The lowest BCUT2D eigenvalue weighted by atomic mass is 10.2. The normalized spacial score (nSPS) is 10.2. The predicted molar refractivity (Wildman–Crippen MR) is 106 cm³/mol. The van der Waals surface area contributed by atoms with Gasteiger partial charge in [0.2, 0.25) is 0 Å². The standard InChI is InChI=1S/C21H21N3O3/c1-14-6-4-5-7-17(14)23-15-8-10-18(22-13-15)21(25)24-19-12-16(26-2)9-11-20(19)27-3/h4-13,23H,1-3H3,(H,24,25). The molecule has 0 saturated carbocycles. The van der Waals surface area contributed by atoms with Crippen molar-refractivity contribution in [3.05, 3.63) is 72.1 Å². The fraction of sp³-hybridized carbons (Fsp3) is 0.143. The number of ether oxygens (including phenoxy) is 2. The van der Waals surface area contributed by atoms with E-state index >= 15 is 0 Å². The minimum Gasteiger partial charge on any atom is -0.497 e. The predicted octanol–water partition coefficient (Wildman–Crippen LogP) is 4.40. The fourth-order valence-electron chi connectivity index (χ4n) is 2.57. The summed E-state index contributed by atoms with van der Waals surface area (Å²) in [6, 6.07) is 16.6. The van der Waals surface area contributed by atoms with E-state index in [1.807, 2.05) is 37.3 Å². The molecule has 1 heterocycles. The van der Waals surface area contributed by atoms with E-state index in [0.717, 1.165) is 16.9 Å². The molecule has 3 rings (SSSR count). The summed E-state index contributed by atoms with van der Waals surface area (Å²) in [5.41, 5.74) is 3.75. The smallest absolute Gasteiger partial charge is 0.274 e. The van der Waals surface area contributed by atoms with E-state index in [1.165, 1.54) is 0 Å². The van der Waals surface area contributed by atoms with Crippen LogP contribution in [-0.4, -0.2) is 25.1 Å². The Bertz CT molecular complexity index is 940. The van der Waals surface area contributed by atoms with Gasteiger partial charge < -0.3 is 20.1 Å². The van der Waals surface area contributed by atoms with Crippen LogP contribution >= 0.6 is 0 Å². The number of amides is 1. The lowest BCUT2D eigenvalue weighted by Crippen LogP contribution is -2.14. The molecule has 1 amide bonds. The van der Waals surface area contributed by atoms with Gasteiger partial charge in [-0.05, 0) is 42.8 Å². The highest BCUT2D eigenvalue weighted by atomic mass is 16.5. The molecule has 0 aliphatic rings. The number of methoxy groups -OCH3 is 2. The Labute approximate surface area is 158 Å². The van der Waals surface area contributed by atoms with Gasteiger partial charge in [-0.15, -0.1) is 0 Å². The zero-order valence-electron chi connectivity index (χ0n) is 15.4. The number of carbonyl (C=O) groups is 1. The van der Waals surface area contributed by atoms with Crippen LogP contribution in [0.25, 0.3) is 0 Å². The zero-order chi connectivity index (χ0) is 19.2.